The molecule has 0 N–H and O–H groups in total. The van der Waals surface area contributed by atoms with Gasteiger partial charge in [0, 0.05) is 13.1 Å². The Kier molecular flexibility index (Phi) is 3.64. The average molecular weight is 309 g/mol. The number of hydrogen-bond acceptors (Lipinski definition) is 1. The van der Waals surface area contributed by atoms with Crippen LogP contribution in [0.2, 0.25) is 0 Å². The molecular weight excluding hydrogens is 289 g/mol. The Morgan fingerprint density at radius 2 is 1.91 bits per heavy atom. The highest BCUT2D eigenvalue weighted by Gasteiger charge is 2.48. The van der Waals surface area contributed by atoms with Crippen LogP contribution in [0.4, 0.5) is 4.39 Å². The lowest BCUT2D eigenvalue weighted by molar-refractivity contribution is -0.129. The molecule has 118 valence electrons. The zero-order valence-corrected chi connectivity index (χ0v) is 13.0. The third-order valence-electron chi connectivity index (χ3n) is 5.39. The van der Waals surface area contributed by atoms with E-state index in [2.05, 4.69) is 24.3 Å². The van der Waals surface area contributed by atoms with Crippen molar-refractivity contribution in [1.82, 2.24) is 4.90 Å². The fourth-order valence-corrected chi connectivity index (χ4v) is 4.13. The Morgan fingerprint density at radius 1 is 1.09 bits per heavy atom. The van der Waals surface area contributed by atoms with E-state index in [-0.39, 0.29) is 11.7 Å². The summed E-state index contributed by atoms with van der Waals surface area (Å²) in [5.74, 6) is 1.66. The Hall–Kier alpha value is -2.16. The van der Waals surface area contributed by atoms with E-state index in [1.807, 2.05) is 17.0 Å². The van der Waals surface area contributed by atoms with Gasteiger partial charge in [0.25, 0.3) is 0 Å². The third-order valence-corrected chi connectivity index (χ3v) is 5.39. The van der Waals surface area contributed by atoms with E-state index in [0.717, 1.165) is 18.7 Å². The first-order valence-electron chi connectivity index (χ1n) is 8.28. The molecule has 23 heavy (non-hydrogen) atoms. The maximum absolute atomic E-state index is 13.2. The van der Waals surface area contributed by atoms with Gasteiger partial charge in [0.15, 0.2) is 0 Å². The molecule has 1 saturated heterocycles. The SMILES string of the molecule is O=C(Cc1cccc(F)c1)N1C[C@@H]2C[C@@H](c3ccccc3)[C@@H]2C1. The van der Waals surface area contributed by atoms with Crippen LogP contribution in [0, 0.1) is 17.7 Å². The third kappa shape index (κ3) is 2.76. The van der Waals surface area contributed by atoms with Gasteiger partial charge in [-0.3, -0.25) is 4.79 Å². The molecular formula is C20H20FNO. The predicted octanol–water partition coefficient (Wildman–Crippen LogP) is 3.63. The van der Waals surface area contributed by atoms with Crippen LogP contribution in [0.15, 0.2) is 54.6 Å². The Morgan fingerprint density at radius 3 is 2.70 bits per heavy atom. The molecule has 1 aliphatic heterocycles. The van der Waals surface area contributed by atoms with Crippen molar-refractivity contribution >= 4 is 5.91 Å². The zero-order chi connectivity index (χ0) is 15.8. The predicted molar refractivity (Wildman–Crippen MR) is 87.5 cm³/mol. The number of benzene rings is 2. The first-order chi connectivity index (χ1) is 11.2. The molecule has 3 heteroatoms. The number of amides is 1. The number of carbonyl (C=O) groups is 1. The molecule has 0 unspecified atom stereocenters. The van der Waals surface area contributed by atoms with Crippen molar-refractivity contribution < 1.29 is 9.18 Å². The lowest BCUT2D eigenvalue weighted by atomic mass is 9.64. The molecule has 0 bridgehead atoms. The second-order valence-corrected chi connectivity index (χ2v) is 6.78. The van der Waals surface area contributed by atoms with E-state index < -0.39 is 0 Å². The van der Waals surface area contributed by atoms with Crippen molar-refractivity contribution in [2.45, 2.75) is 18.8 Å². The first kappa shape index (κ1) is 14.4. The molecule has 1 saturated carbocycles. The molecule has 4 rings (SSSR count). The molecule has 1 heterocycles. The van der Waals surface area contributed by atoms with Crippen molar-refractivity contribution in [2.24, 2.45) is 11.8 Å². The number of nitrogens with zero attached hydrogens (tertiary/aromatic N) is 1. The van der Waals surface area contributed by atoms with Crippen LogP contribution >= 0.6 is 0 Å². The lowest BCUT2D eigenvalue weighted by Crippen LogP contribution is -2.33. The number of carbonyl (C=O) groups excluding carboxylic acids is 1. The van der Waals surface area contributed by atoms with Crippen LogP contribution in [0.1, 0.15) is 23.5 Å². The number of hydrogen-bond donors (Lipinski definition) is 0. The van der Waals surface area contributed by atoms with Gasteiger partial charge in [0.1, 0.15) is 5.82 Å². The van der Waals surface area contributed by atoms with E-state index in [4.69, 9.17) is 0 Å². The molecule has 2 nitrogen and oxygen atoms in total. The van der Waals surface area contributed by atoms with Crippen LogP contribution < -0.4 is 0 Å². The molecule has 3 atom stereocenters. The molecule has 1 amide bonds. The van der Waals surface area contributed by atoms with E-state index in [1.54, 1.807) is 6.07 Å². The first-order valence-corrected chi connectivity index (χ1v) is 8.28. The van der Waals surface area contributed by atoms with Crippen molar-refractivity contribution in [3.05, 3.63) is 71.5 Å². The monoisotopic (exact) mass is 309 g/mol. The number of halogens is 1. The maximum Gasteiger partial charge on any atom is 0.227 e. The summed E-state index contributed by atoms with van der Waals surface area (Å²) in [6.07, 6.45) is 1.48. The van der Waals surface area contributed by atoms with Gasteiger partial charge in [-0.2, -0.15) is 0 Å². The van der Waals surface area contributed by atoms with Gasteiger partial charge >= 0.3 is 0 Å². The number of rotatable bonds is 3. The van der Waals surface area contributed by atoms with E-state index in [1.165, 1.54) is 24.1 Å². The van der Waals surface area contributed by atoms with Gasteiger partial charge in [-0.1, -0.05) is 42.5 Å². The minimum absolute atomic E-state index is 0.122. The maximum atomic E-state index is 13.2. The molecule has 2 aromatic carbocycles. The van der Waals surface area contributed by atoms with Crippen LogP contribution in [-0.4, -0.2) is 23.9 Å². The van der Waals surface area contributed by atoms with Gasteiger partial charge < -0.3 is 4.90 Å². The summed E-state index contributed by atoms with van der Waals surface area (Å²) in [5, 5.41) is 0. The van der Waals surface area contributed by atoms with Crippen molar-refractivity contribution in [2.75, 3.05) is 13.1 Å². The summed E-state index contributed by atoms with van der Waals surface area (Å²) in [6, 6.07) is 17.0. The van der Waals surface area contributed by atoms with Crippen LogP contribution in [0.25, 0.3) is 0 Å². The van der Waals surface area contributed by atoms with Crippen molar-refractivity contribution in [3.63, 3.8) is 0 Å². The summed E-state index contributed by atoms with van der Waals surface area (Å²) >= 11 is 0. The summed E-state index contributed by atoms with van der Waals surface area (Å²) in [5.41, 5.74) is 2.15. The molecule has 2 aliphatic rings. The standard InChI is InChI=1S/C20H20FNO/c21-17-8-4-5-14(9-17)10-20(23)22-12-16-11-18(19(16)13-22)15-6-2-1-3-7-15/h1-9,16,18-19H,10-13H2/t16-,18-,19+/m0/s1. The normalized spacial score (nSPS) is 25.8. The fraction of sp³-hybridized carbons (Fsp3) is 0.350. The highest BCUT2D eigenvalue weighted by molar-refractivity contribution is 5.79. The van der Waals surface area contributed by atoms with Crippen molar-refractivity contribution in [3.8, 4) is 0 Å². The summed E-state index contributed by atoms with van der Waals surface area (Å²) in [7, 11) is 0. The molecule has 0 spiro atoms. The van der Waals surface area contributed by atoms with Gasteiger partial charge in [0.2, 0.25) is 5.91 Å². The molecule has 1 aliphatic carbocycles. The van der Waals surface area contributed by atoms with E-state index in [9.17, 15) is 9.18 Å². The van der Waals surface area contributed by atoms with E-state index in [0.29, 0.717) is 24.2 Å². The minimum atomic E-state index is -0.277. The van der Waals surface area contributed by atoms with Crippen molar-refractivity contribution in [1.29, 1.82) is 0 Å². The Balaban J connectivity index is 1.40. The van der Waals surface area contributed by atoms with Gasteiger partial charge in [-0.05, 0) is 47.4 Å². The molecule has 0 radical (unpaired) electrons. The highest BCUT2D eigenvalue weighted by Crippen LogP contribution is 2.51. The van der Waals surface area contributed by atoms with Gasteiger partial charge in [-0.15, -0.1) is 0 Å². The van der Waals surface area contributed by atoms with Crippen LogP contribution in [0.5, 0.6) is 0 Å². The number of fused-ring (bicyclic) bond motifs is 1. The quantitative estimate of drug-likeness (QED) is 0.848. The second-order valence-electron chi connectivity index (χ2n) is 6.78. The largest absolute Gasteiger partial charge is 0.342 e. The molecule has 0 aromatic heterocycles. The molecule has 2 aromatic rings. The fourth-order valence-electron chi connectivity index (χ4n) is 4.13. The van der Waals surface area contributed by atoms with Crippen LogP contribution in [-0.2, 0) is 11.2 Å². The van der Waals surface area contributed by atoms with Gasteiger partial charge in [-0.25, -0.2) is 4.39 Å². The zero-order valence-electron chi connectivity index (χ0n) is 13.0. The topological polar surface area (TPSA) is 20.3 Å². The Bertz CT molecular complexity index is 715. The summed E-state index contributed by atoms with van der Waals surface area (Å²) in [4.78, 5) is 14.5. The second kappa shape index (κ2) is 5.80. The van der Waals surface area contributed by atoms with E-state index >= 15 is 0 Å². The summed E-state index contributed by atoms with van der Waals surface area (Å²) < 4.78 is 13.2. The van der Waals surface area contributed by atoms with Crippen LogP contribution in [0.3, 0.4) is 0 Å². The molecule has 2 fully saturated rings. The summed E-state index contributed by atoms with van der Waals surface area (Å²) in [6.45, 7) is 1.71. The average Bonchev–Trinajstić information content (AvgIpc) is 2.86. The minimum Gasteiger partial charge on any atom is -0.342 e. The number of likely N-dealkylation sites (tertiary alicyclic amines) is 1. The van der Waals surface area contributed by atoms with Gasteiger partial charge in [0.05, 0.1) is 6.42 Å². The highest BCUT2D eigenvalue weighted by atomic mass is 19.1. The smallest absolute Gasteiger partial charge is 0.227 e. The lowest BCUT2D eigenvalue weighted by Gasteiger charge is -2.39. The Labute approximate surface area is 135 Å².